The topological polar surface area (TPSA) is 59.1 Å². The fourth-order valence-corrected chi connectivity index (χ4v) is 2.46. The molecule has 6 heteroatoms. The predicted molar refractivity (Wildman–Crippen MR) is 83.1 cm³/mol. The number of carbonyl (C=O) groups is 2. The van der Waals surface area contributed by atoms with Crippen molar-refractivity contribution < 1.29 is 19.1 Å². The van der Waals surface area contributed by atoms with Crippen LogP contribution in [0.1, 0.15) is 17.3 Å². The molecule has 0 spiro atoms. The summed E-state index contributed by atoms with van der Waals surface area (Å²) in [6.07, 6.45) is 0. The number of esters is 2. The first-order valence-corrected chi connectivity index (χ1v) is 7.45. The third-order valence-electron chi connectivity index (χ3n) is 3.68. The Kier molecular flexibility index (Phi) is 5.77. The molecule has 6 nitrogen and oxygen atoms in total. The molecule has 0 aliphatic carbocycles. The zero-order valence-corrected chi connectivity index (χ0v) is 13.1. The quantitative estimate of drug-likeness (QED) is 0.761. The summed E-state index contributed by atoms with van der Waals surface area (Å²) in [4.78, 5) is 27.3. The number of rotatable bonds is 5. The lowest BCUT2D eigenvalue weighted by molar-refractivity contribution is -0.142. The highest BCUT2D eigenvalue weighted by Crippen LogP contribution is 2.18. The zero-order chi connectivity index (χ0) is 15.9. The summed E-state index contributed by atoms with van der Waals surface area (Å²) in [5.41, 5.74) is 1.57. The van der Waals surface area contributed by atoms with Crippen LogP contribution in [-0.4, -0.2) is 63.3 Å². The molecule has 0 atom stereocenters. The molecular formula is C16H22N2O4. The molecule has 1 fully saturated rings. The Hall–Kier alpha value is -2.08. The van der Waals surface area contributed by atoms with Gasteiger partial charge in [0, 0.05) is 31.9 Å². The molecule has 0 amide bonds. The van der Waals surface area contributed by atoms with Gasteiger partial charge in [0.25, 0.3) is 0 Å². The van der Waals surface area contributed by atoms with E-state index < -0.39 is 0 Å². The molecule has 1 aliphatic rings. The molecule has 1 heterocycles. The van der Waals surface area contributed by atoms with Gasteiger partial charge < -0.3 is 14.4 Å². The number of ether oxygens (including phenoxy) is 2. The van der Waals surface area contributed by atoms with Crippen molar-refractivity contribution in [3.63, 3.8) is 0 Å². The molecule has 22 heavy (non-hydrogen) atoms. The lowest BCUT2D eigenvalue weighted by Crippen LogP contribution is -2.48. The van der Waals surface area contributed by atoms with E-state index in [0.717, 1.165) is 31.9 Å². The van der Waals surface area contributed by atoms with Crippen molar-refractivity contribution in [1.82, 2.24) is 4.90 Å². The highest BCUT2D eigenvalue weighted by Gasteiger charge is 2.20. The molecule has 0 bridgehead atoms. The number of methoxy groups -OCH3 is 1. The number of piperazine rings is 1. The van der Waals surface area contributed by atoms with Crippen molar-refractivity contribution in [2.24, 2.45) is 0 Å². The van der Waals surface area contributed by atoms with E-state index in [0.29, 0.717) is 18.7 Å². The summed E-state index contributed by atoms with van der Waals surface area (Å²) >= 11 is 0. The first-order chi connectivity index (χ1) is 10.6. The highest BCUT2D eigenvalue weighted by molar-refractivity contribution is 5.90. The minimum atomic E-state index is -0.298. The van der Waals surface area contributed by atoms with E-state index in [-0.39, 0.29) is 11.9 Å². The zero-order valence-electron chi connectivity index (χ0n) is 13.1. The summed E-state index contributed by atoms with van der Waals surface area (Å²) < 4.78 is 9.71. The molecule has 1 saturated heterocycles. The van der Waals surface area contributed by atoms with Gasteiger partial charge in [-0.2, -0.15) is 0 Å². The van der Waals surface area contributed by atoms with Gasteiger partial charge in [0.05, 0.1) is 25.8 Å². The van der Waals surface area contributed by atoms with E-state index in [1.165, 1.54) is 7.11 Å². The van der Waals surface area contributed by atoms with Gasteiger partial charge in [-0.1, -0.05) is 6.07 Å². The normalized spacial score (nSPS) is 15.5. The minimum Gasteiger partial charge on any atom is -0.468 e. The van der Waals surface area contributed by atoms with E-state index in [9.17, 15) is 9.59 Å². The van der Waals surface area contributed by atoms with Gasteiger partial charge in [0.15, 0.2) is 0 Å². The van der Waals surface area contributed by atoms with Gasteiger partial charge in [-0.3, -0.25) is 9.69 Å². The van der Waals surface area contributed by atoms with Gasteiger partial charge in [0.1, 0.15) is 0 Å². The van der Waals surface area contributed by atoms with Crippen LogP contribution in [0, 0.1) is 0 Å². The van der Waals surface area contributed by atoms with Gasteiger partial charge in [0.2, 0.25) is 0 Å². The Balaban J connectivity index is 1.95. The summed E-state index contributed by atoms with van der Waals surface area (Å²) in [6, 6.07) is 7.46. The number of benzene rings is 1. The van der Waals surface area contributed by atoms with Gasteiger partial charge in [-0.15, -0.1) is 0 Å². The van der Waals surface area contributed by atoms with E-state index in [4.69, 9.17) is 4.74 Å². The minimum absolute atomic E-state index is 0.210. The second kappa shape index (κ2) is 7.79. The van der Waals surface area contributed by atoms with E-state index >= 15 is 0 Å². The number of hydrogen-bond donors (Lipinski definition) is 0. The monoisotopic (exact) mass is 306 g/mol. The number of hydrogen-bond acceptors (Lipinski definition) is 6. The first-order valence-electron chi connectivity index (χ1n) is 7.45. The maximum absolute atomic E-state index is 11.8. The Morgan fingerprint density at radius 1 is 1.18 bits per heavy atom. The van der Waals surface area contributed by atoms with Crippen LogP contribution in [-0.2, 0) is 14.3 Å². The molecule has 2 rings (SSSR count). The van der Waals surface area contributed by atoms with Gasteiger partial charge in [-0.05, 0) is 25.1 Å². The number of anilines is 1. The maximum Gasteiger partial charge on any atom is 0.338 e. The van der Waals surface area contributed by atoms with Crippen molar-refractivity contribution in [3.05, 3.63) is 29.8 Å². The van der Waals surface area contributed by atoms with E-state index in [1.807, 2.05) is 18.2 Å². The van der Waals surface area contributed by atoms with Crippen molar-refractivity contribution in [3.8, 4) is 0 Å². The van der Waals surface area contributed by atoms with Crippen LogP contribution in [0.2, 0.25) is 0 Å². The van der Waals surface area contributed by atoms with Crippen molar-refractivity contribution in [2.75, 3.05) is 51.3 Å². The molecule has 0 saturated carbocycles. The van der Waals surface area contributed by atoms with Crippen molar-refractivity contribution >= 4 is 17.6 Å². The molecule has 0 unspecified atom stereocenters. The largest absolute Gasteiger partial charge is 0.468 e. The number of nitrogens with zero attached hydrogens (tertiary/aromatic N) is 2. The second-order valence-electron chi connectivity index (χ2n) is 5.11. The summed E-state index contributed by atoms with van der Waals surface area (Å²) in [5.74, 6) is -0.508. The summed E-state index contributed by atoms with van der Waals surface area (Å²) in [7, 11) is 1.40. The molecule has 1 aromatic carbocycles. The average Bonchev–Trinajstić information content (AvgIpc) is 2.56. The first kappa shape index (κ1) is 16.3. The Morgan fingerprint density at radius 3 is 2.55 bits per heavy atom. The van der Waals surface area contributed by atoms with Crippen LogP contribution in [0.5, 0.6) is 0 Å². The molecule has 0 aromatic heterocycles. The molecule has 0 radical (unpaired) electrons. The predicted octanol–water partition coefficient (Wildman–Crippen LogP) is 1.16. The molecule has 1 aromatic rings. The smallest absolute Gasteiger partial charge is 0.338 e. The summed E-state index contributed by atoms with van der Waals surface area (Å²) in [5, 5.41) is 0. The van der Waals surface area contributed by atoms with E-state index in [2.05, 4.69) is 14.5 Å². The SMILES string of the molecule is CCOC(=O)c1cccc(N2CCN(CC(=O)OC)CC2)c1. The molecular weight excluding hydrogens is 284 g/mol. The van der Waals surface area contributed by atoms with Crippen LogP contribution in [0.15, 0.2) is 24.3 Å². The van der Waals surface area contributed by atoms with Gasteiger partial charge >= 0.3 is 11.9 Å². The Labute approximate surface area is 130 Å². The summed E-state index contributed by atoms with van der Waals surface area (Å²) in [6.45, 7) is 5.69. The van der Waals surface area contributed by atoms with Crippen LogP contribution < -0.4 is 4.90 Å². The van der Waals surface area contributed by atoms with Crippen LogP contribution >= 0.6 is 0 Å². The Morgan fingerprint density at radius 2 is 1.91 bits per heavy atom. The standard InChI is InChI=1S/C16H22N2O4/c1-3-22-16(20)13-5-4-6-14(11-13)18-9-7-17(8-10-18)12-15(19)21-2/h4-6,11H,3,7-10,12H2,1-2H3. The van der Waals surface area contributed by atoms with Crippen LogP contribution in [0.3, 0.4) is 0 Å². The third kappa shape index (κ3) is 4.21. The number of carbonyl (C=O) groups excluding carboxylic acids is 2. The third-order valence-corrected chi connectivity index (χ3v) is 3.68. The fourth-order valence-electron chi connectivity index (χ4n) is 2.46. The van der Waals surface area contributed by atoms with Crippen molar-refractivity contribution in [1.29, 1.82) is 0 Å². The maximum atomic E-state index is 11.8. The molecule has 0 N–H and O–H groups in total. The van der Waals surface area contributed by atoms with Crippen LogP contribution in [0.25, 0.3) is 0 Å². The molecule has 1 aliphatic heterocycles. The van der Waals surface area contributed by atoms with E-state index in [1.54, 1.807) is 13.0 Å². The van der Waals surface area contributed by atoms with Crippen LogP contribution in [0.4, 0.5) is 5.69 Å². The van der Waals surface area contributed by atoms with Gasteiger partial charge in [-0.25, -0.2) is 4.79 Å². The van der Waals surface area contributed by atoms with Crippen molar-refractivity contribution in [2.45, 2.75) is 6.92 Å². The fraction of sp³-hybridized carbons (Fsp3) is 0.500. The lowest BCUT2D eigenvalue weighted by Gasteiger charge is -2.35. The Bertz CT molecular complexity index is 525. The molecule has 120 valence electrons. The highest BCUT2D eigenvalue weighted by atomic mass is 16.5. The average molecular weight is 306 g/mol. The lowest BCUT2D eigenvalue weighted by atomic mass is 10.1. The second-order valence-corrected chi connectivity index (χ2v) is 5.11.